The van der Waals surface area contributed by atoms with Gasteiger partial charge in [0.15, 0.2) is 0 Å². The molecule has 9 heteroatoms. The minimum atomic E-state index is -3.39. The fourth-order valence-electron chi connectivity index (χ4n) is 2.58. The highest BCUT2D eigenvalue weighted by Crippen LogP contribution is 2.34. The lowest BCUT2D eigenvalue weighted by Gasteiger charge is -2.12. The molecule has 3 heterocycles. The first-order valence-corrected chi connectivity index (χ1v) is 10.3. The van der Waals surface area contributed by atoms with E-state index in [0.29, 0.717) is 18.5 Å². The molecule has 0 saturated heterocycles. The molecule has 3 aromatic rings. The maximum absolute atomic E-state index is 12.3. The normalized spacial score (nSPS) is 14.6. The van der Waals surface area contributed by atoms with Crippen LogP contribution in [0.2, 0.25) is 0 Å². The van der Waals surface area contributed by atoms with Crippen LogP contribution in [0.4, 0.5) is 5.69 Å². The van der Waals surface area contributed by atoms with E-state index in [0.717, 1.165) is 20.5 Å². The Morgan fingerprint density at radius 1 is 1.24 bits per heavy atom. The standard InChI is InChI=1S/C16H15IN4O3S/c1-24-16-13(20-25(22,23)12-3-4-12)6-11(7-19-16)10-2-5-15-18-8-14(17)21(15)9-10/h2,5-9,12,20H,3-4H2,1H3. The van der Waals surface area contributed by atoms with E-state index in [1.807, 2.05) is 22.7 Å². The number of nitrogens with zero attached hydrogens (tertiary/aromatic N) is 3. The summed E-state index contributed by atoms with van der Waals surface area (Å²) in [5, 5.41) is -0.315. The number of anilines is 1. The zero-order valence-corrected chi connectivity index (χ0v) is 16.3. The zero-order valence-electron chi connectivity index (χ0n) is 13.3. The van der Waals surface area contributed by atoms with E-state index in [2.05, 4.69) is 37.3 Å². The average molecular weight is 470 g/mol. The summed E-state index contributed by atoms with van der Waals surface area (Å²) in [5.41, 5.74) is 2.91. The van der Waals surface area contributed by atoms with Crippen LogP contribution >= 0.6 is 22.6 Å². The highest BCUT2D eigenvalue weighted by Gasteiger charge is 2.36. The number of halogens is 1. The van der Waals surface area contributed by atoms with Gasteiger partial charge in [-0.2, -0.15) is 0 Å². The Morgan fingerprint density at radius 3 is 2.76 bits per heavy atom. The highest BCUT2D eigenvalue weighted by molar-refractivity contribution is 14.1. The van der Waals surface area contributed by atoms with Gasteiger partial charge < -0.3 is 4.74 Å². The van der Waals surface area contributed by atoms with Crippen molar-refractivity contribution in [1.29, 1.82) is 0 Å². The van der Waals surface area contributed by atoms with Gasteiger partial charge in [0.1, 0.15) is 15.0 Å². The smallest absolute Gasteiger partial charge is 0.238 e. The summed E-state index contributed by atoms with van der Waals surface area (Å²) in [6, 6.07) is 5.59. The van der Waals surface area contributed by atoms with Gasteiger partial charge in [0.2, 0.25) is 15.9 Å². The van der Waals surface area contributed by atoms with E-state index in [-0.39, 0.29) is 11.1 Å². The lowest BCUT2D eigenvalue weighted by molar-refractivity contribution is 0.400. The van der Waals surface area contributed by atoms with Gasteiger partial charge in [0.05, 0.1) is 18.6 Å². The number of rotatable bonds is 5. The predicted octanol–water partition coefficient (Wildman–Crippen LogP) is 2.91. The van der Waals surface area contributed by atoms with Crippen molar-refractivity contribution < 1.29 is 13.2 Å². The molecular weight excluding hydrogens is 455 g/mol. The van der Waals surface area contributed by atoms with Crippen LogP contribution in [-0.4, -0.2) is 35.1 Å². The van der Waals surface area contributed by atoms with Crippen molar-refractivity contribution in [2.75, 3.05) is 11.8 Å². The first-order chi connectivity index (χ1) is 12.0. The molecule has 4 rings (SSSR count). The second-order valence-corrected chi connectivity index (χ2v) is 8.92. The van der Waals surface area contributed by atoms with Crippen LogP contribution in [0.3, 0.4) is 0 Å². The molecule has 130 valence electrons. The van der Waals surface area contributed by atoms with Gasteiger partial charge in [-0.1, -0.05) is 0 Å². The number of sulfonamides is 1. The third-order valence-electron chi connectivity index (χ3n) is 4.05. The number of pyridine rings is 2. The number of nitrogens with one attached hydrogen (secondary N) is 1. The van der Waals surface area contributed by atoms with Crippen LogP contribution in [0.25, 0.3) is 16.8 Å². The number of hydrogen-bond donors (Lipinski definition) is 1. The van der Waals surface area contributed by atoms with Crippen LogP contribution < -0.4 is 9.46 Å². The summed E-state index contributed by atoms with van der Waals surface area (Å²) in [6.45, 7) is 0. The van der Waals surface area contributed by atoms with E-state index < -0.39 is 10.0 Å². The number of aromatic nitrogens is 3. The maximum Gasteiger partial charge on any atom is 0.238 e. The predicted molar refractivity (Wildman–Crippen MR) is 103 cm³/mol. The topological polar surface area (TPSA) is 85.6 Å². The summed E-state index contributed by atoms with van der Waals surface area (Å²) in [6.07, 6.45) is 6.80. The van der Waals surface area contributed by atoms with Crippen molar-refractivity contribution in [3.63, 3.8) is 0 Å². The van der Waals surface area contributed by atoms with E-state index in [1.165, 1.54) is 7.11 Å². The molecule has 0 spiro atoms. The molecule has 1 N–H and O–H groups in total. The van der Waals surface area contributed by atoms with Gasteiger partial charge in [-0.05, 0) is 53.6 Å². The SMILES string of the molecule is COc1ncc(-c2ccc3ncc(I)n3c2)cc1NS(=O)(=O)C1CC1. The van der Waals surface area contributed by atoms with Crippen LogP contribution in [0.15, 0.2) is 36.8 Å². The van der Waals surface area contributed by atoms with Crippen LogP contribution in [0.1, 0.15) is 12.8 Å². The highest BCUT2D eigenvalue weighted by atomic mass is 127. The summed E-state index contributed by atoms with van der Waals surface area (Å²) in [7, 11) is -1.92. The van der Waals surface area contributed by atoms with Crippen molar-refractivity contribution in [3.05, 3.63) is 40.5 Å². The Labute approximate surface area is 158 Å². The zero-order chi connectivity index (χ0) is 17.6. The molecule has 1 aliphatic rings. The molecule has 0 unspecified atom stereocenters. The minimum absolute atomic E-state index is 0.256. The van der Waals surface area contributed by atoms with Gasteiger partial charge >= 0.3 is 0 Å². The number of fused-ring (bicyclic) bond motifs is 1. The summed E-state index contributed by atoms with van der Waals surface area (Å²) in [4.78, 5) is 8.55. The van der Waals surface area contributed by atoms with Crippen molar-refractivity contribution in [1.82, 2.24) is 14.4 Å². The van der Waals surface area contributed by atoms with Crippen LogP contribution in [-0.2, 0) is 10.0 Å². The third-order valence-corrected chi connectivity index (χ3v) is 6.71. The molecule has 25 heavy (non-hydrogen) atoms. The van der Waals surface area contributed by atoms with Gasteiger partial charge in [0.25, 0.3) is 0 Å². The molecule has 0 aromatic carbocycles. The Hall–Kier alpha value is -1.88. The quantitative estimate of drug-likeness (QED) is 0.580. The Bertz CT molecular complexity index is 1060. The summed E-state index contributed by atoms with van der Waals surface area (Å²) >= 11 is 2.21. The molecule has 0 amide bonds. The molecular formula is C16H15IN4O3S. The van der Waals surface area contributed by atoms with Gasteiger partial charge in [0, 0.05) is 23.5 Å². The molecule has 1 aliphatic carbocycles. The third kappa shape index (κ3) is 3.17. The minimum Gasteiger partial charge on any atom is -0.480 e. The molecule has 3 aromatic heterocycles. The number of methoxy groups -OCH3 is 1. The number of imidazole rings is 1. The summed E-state index contributed by atoms with van der Waals surface area (Å²) in [5.74, 6) is 0.256. The van der Waals surface area contributed by atoms with Gasteiger partial charge in [-0.15, -0.1) is 0 Å². The molecule has 0 atom stereocenters. The van der Waals surface area contributed by atoms with E-state index in [4.69, 9.17) is 4.74 Å². The fraction of sp³-hybridized carbons (Fsp3) is 0.250. The molecule has 1 saturated carbocycles. The Kier molecular flexibility index (Phi) is 4.07. The number of hydrogen-bond acceptors (Lipinski definition) is 5. The van der Waals surface area contributed by atoms with Crippen molar-refractivity contribution in [2.45, 2.75) is 18.1 Å². The van der Waals surface area contributed by atoms with Crippen molar-refractivity contribution >= 4 is 43.9 Å². The Balaban J connectivity index is 1.76. The summed E-state index contributed by atoms with van der Waals surface area (Å²) < 4.78 is 35.3. The number of ether oxygens (including phenoxy) is 1. The van der Waals surface area contributed by atoms with Crippen LogP contribution in [0.5, 0.6) is 5.88 Å². The van der Waals surface area contributed by atoms with E-state index >= 15 is 0 Å². The van der Waals surface area contributed by atoms with E-state index in [1.54, 1.807) is 18.5 Å². The lowest BCUT2D eigenvalue weighted by Crippen LogP contribution is -2.18. The first-order valence-electron chi connectivity index (χ1n) is 7.66. The van der Waals surface area contributed by atoms with Crippen molar-refractivity contribution in [3.8, 4) is 17.0 Å². The first kappa shape index (κ1) is 16.6. The molecule has 0 bridgehead atoms. The monoisotopic (exact) mass is 470 g/mol. The largest absolute Gasteiger partial charge is 0.480 e. The maximum atomic E-state index is 12.3. The Morgan fingerprint density at radius 2 is 2.04 bits per heavy atom. The molecule has 7 nitrogen and oxygen atoms in total. The average Bonchev–Trinajstić information content (AvgIpc) is 3.40. The second-order valence-electron chi connectivity index (χ2n) is 5.85. The lowest BCUT2D eigenvalue weighted by atomic mass is 10.1. The van der Waals surface area contributed by atoms with Gasteiger partial charge in [-0.3, -0.25) is 9.12 Å². The fourth-order valence-corrected chi connectivity index (χ4v) is 4.48. The molecule has 0 radical (unpaired) electrons. The van der Waals surface area contributed by atoms with Crippen LogP contribution in [0, 0.1) is 3.70 Å². The molecule has 0 aliphatic heterocycles. The van der Waals surface area contributed by atoms with Crippen molar-refractivity contribution in [2.24, 2.45) is 0 Å². The molecule has 1 fully saturated rings. The van der Waals surface area contributed by atoms with Gasteiger partial charge in [-0.25, -0.2) is 18.4 Å². The van der Waals surface area contributed by atoms with E-state index in [9.17, 15) is 8.42 Å². The second kappa shape index (κ2) is 6.13.